The number of hydrogen-bond donors (Lipinski definition) is 0. The Morgan fingerprint density at radius 1 is 1.29 bits per heavy atom. The van der Waals surface area contributed by atoms with Crippen molar-refractivity contribution < 1.29 is 14.0 Å². The van der Waals surface area contributed by atoms with E-state index >= 15 is 0 Å². The summed E-state index contributed by atoms with van der Waals surface area (Å²) in [5.74, 6) is 2.12. The minimum atomic E-state index is 0.00567. The van der Waals surface area contributed by atoms with E-state index in [0.717, 1.165) is 56.5 Å². The van der Waals surface area contributed by atoms with Crippen LogP contribution in [0, 0.1) is 12.8 Å². The predicted octanol–water partition coefficient (Wildman–Crippen LogP) is 2.77. The number of carbonyl (C=O) groups excluding carboxylic acids is 2. The number of furan rings is 1. The fourth-order valence-electron chi connectivity index (χ4n) is 4.44. The van der Waals surface area contributed by atoms with Gasteiger partial charge in [-0.3, -0.25) is 9.59 Å². The molecule has 4 rings (SSSR count). The van der Waals surface area contributed by atoms with Gasteiger partial charge in [0.05, 0.1) is 0 Å². The van der Waals surface area contributed by atoms with Crippen LogP contribution in [0.1, 0.15) is 60.9 Å². The summed E-state index contributed by atoms with van der Waals surface area (Å²) in [4.78, 5) is 29.2. The van der Waals surface area contributed by atoms with Crippen LogP contribution in [0.3, 0.4) is 0 Å². The van der Waals surface area contributed by atoms with E-state index in [1.807, 2.05) is 24.8 Å². The van der Waals surface area contributed by atoms with E-state index in [1.165, 1.54) is 0 Å². The van der Waals surface area contributed by atoms with Gasteiger partial charge in [-0.25, -0.2) is 0 Å². The number of fused-ring (bicyclic) bond motifs is 1. The molecule has 5 nitrogen and oxygen atoms in total. The summed E-state index contributed by atoms with van der Waals surface area (Å²) in [6.07, 6.45) is 5.57. The number of piperidine rings is 2. The maximum absolute atomic E-state index is 12.8. The molecule has 3 fully saturated rings. The lowest BCUT2D eigenvalue weighted by atomic mass is 9.83. The van der Waals surface area contributed by atoms with Crippen molar-refractivity contribution in [1.82, 2.24) is 9.80 Å². The van der Waals surface area contributed by atoms with Crippen LogP contribution >= 0.6 is 0 Å². The fraction of sp³-hybridized carbons (Fsp3) is 0.684. The fourth-order valence-corrected chi connectivity index (χ4v) is 4.44. The van der Waals surface area contributed by atoms with E-state index in [9.17, 15) is 9.59 Å². The molecule has 2 saturated heterocycles. The molecule has 5 heteroatoms. The first-order valence-electron chi connectivity index (χ1n) is 9.28. The molecule has 2 unspecified atom stereocenters. The van der Waals surface area contributed by atoms with Gasteiger partial charge in [0, 0.05) is 38.0 Å². The third kappa shape index (κ3) is 2.64. The Labute approximate surface area is 143 Å². The highest BCUT2D eigenvalue weighted by atomic mass is 16.4. The van der Waals surface area contributed by atoms with Crippen molar-refractivity contribution in [3.8, 4) is 0 Å². The van der Waals surface area contributed by atoms with Gasteiger partial charge in [-0.1, -0.05) is 6.92 Å². The summed E-state index contributed by atoms with van der Waals surface area (Å²) in [5, 5.41) is 0. The quantitative estimate of drug-likeness (QED) is 0.856. The van der Waals surface area contributed by atoms with Crippen LogP contribution in [0.4, 0.5) is 0 Å². The minimum Gasteiger partial charge on any atom is -0.456 e. The molecular weight excluding hydrogens is 304 g/mol. The van der Waals surface area contributed by atoms with Crippen molar-refractivity contribution in [2.45, 2.75) is 64.5 Å². The van der Waals surface area contributed by atoms with Crippen LogP contribution in [0.15, 0.2) is 10.5 Å². The summed E-state index contributed by atoms with van der Waals surface area (Å²) >= 11 is 0. The first kappa shape index (κ1) is 15.7. The lowest BCUT2D eigenvalue weighted by molar-refractivity contribution is -0.141. The molecule has 1 saturated carbocycles. The lowest BCUT2D eigenvalue weighted by Gasteiger charge is -2.47. The van der Waals surface area contributed by atoms with Gasteiger partial charge < -0.3 is 14.2 Å². The molecule has 0 bridgehead atoms. The topological polar surface area (TPSA) is 53.8 Å². The summed E-state index contributed by atoms with van der Waals surface area (Å²) in [7, 11) is 0. The summed E-state index contributed by atoms with van der Waals surface area (Å²) < 4.78 is 5.75. The number of aryl methyl sites for hydroxylation is 2. The number of hydrogen-bond acceptors (Lipinski definition) is 3. The van der Waals surface area contributed by atoms with Gasteiger partial charge in [-0.2, -0.15) is 0 Å². The third-order valence-corrected chi connectivity index (χ3v) is 5.85. The normalized spacial score (nSPS) is 27.3. The van der Waals surface area contributed by atoms with Gasteiger partial charge in [-0.15, -0.1) is 0 Å². The van der Waals surface area contributed by atoms with Gasteiger partial charge in [0.25, 0.3) is 5.91 Å². The smallest absolute Gasteiger partial charge is 0.289 e. The average molecular weight is 330 g/mol. The predicted molar refractivity (Wildman–Crippen MR) is 89.7 cm³/mol. The summed E-state index contributed by atoms with van der Waals surface area (Å²) in [6.45, 7) is 5.50. The molecule has 1 aromatic rings. The second-order valence-corrected chi connectivity index (χ2v) is 7.51. The zero-order chi connectivity index (χ0) is 16.8. The Morgan fingerprint density at radius 2 is 2.08 bits per heavy atom. The van der Waals surface area contributed by atoms with Crippen molar-refractivity contribution in [1.29, 1.82) is 0 Å². The lowest BCUT2D eigenvalue weighted by Crippen LogP contribution is -2.57. The Kier molecular flexibility index (Phi) is 3.89. The van der Waals surface area contributed by atoms with E-state index < -0.39 is 0 Å². The number of nitrogens with zero attached hydrogens (tertiary/aromatic N) is 2. The standard InChI is InChI=1S/C19H26N2O3/c1-3-16-12(2)10-17(24-16)19(23)20-9-8-15-13(11-20)4-7-18(22)21(15)14-5-6-14/h10,13-15H,3-9,11H2,1-2H3. The molecule has 130 valence electrons. The second-order valence-electron chi connectivity index (χ2n) is 7.51. The summed E-state index contributed by atoms with van der Waals surface area (Å²) in [6, 6.07) is 2.69. The van der Waals surface area contributed by atoms with E-state index in [2.05, 4.69) is 4.90 Å². The second kappa shape index (κ2) is 5.94. The molecule has 1 aliphatic carbocycles. The molecule has 3 heterocycles. The van der Waals surface area contributed by atoms with Crippen LogP contribution in [-0.2, 0) is 11.2 Å². The summed E-state index contributed by atoms with van der Waals surface area (Å²) in [5.41, 5.74) is 1.05. The van der Waals surface area contributed by atoms with Crippen LogP contribution in [0.25, 0.3) is 0 Å². The van der Waals surface area contributed by atoms with Crippen LogP contribution < -0.4 is 0 Å². The Bertz CT molecular complexity index is 662. The molecule has 2 amide bonds. The maximum atomic E-state index is 12.8. The molecule has 0 spiro atoms. The highest BCUT2D eigenvalue weighted by Gasteiger charge is 2.46. The Hall–Kier alpha value is -1.78. The molecular formula is C19H26N2O3. The molecule has 2 atom stereocenters. The van der Waals surface area contributed by atoms with E-state index in [1.54, 1.807) is 0 Å². The minimum absolute atomic E-state index is 0.00567. The highest BCUT2D eigenvalue weighted by molar-refractivity contribution is 5.92. The SMILES string of the molecule is CCc1oc(C(=O)N2CCC3C(CCC(=O)N3C3CC3)C2)cc1C. The number of amides is 2. The zero-order valence-electron chi connectivity index (χ0n) is 14.6. The number of rotatable bonds is 3. The molecule has 0 radical (unpaired) electrons. The van der Waals surface area contributed by atoms with Crippen molar-refractivity contribution >= 4 is 11.8 Å². The van der Waals surface area contributed by atoms with E-state index in [0.29, 0.717) is 36.1 Å². The van der Waals surface area contributed by atoms with Crippen molar-refractivity contribution in [3.05, 3.63) is 23.2 Å². The third-order valence-electron chi connectivity index (χ3n) is 5.85. The van der Waals surface area contributed by atoms with Gasteiger partial charge in [0.1, 0.15) is 5.76 Å². The molecule has 0 N–H and O–H groups in total. The monoisotopic (exact) mass is 330 g/mol. The molecule has 3 aliphatic rings. The molecule has 24 heavy (non-hydrogen) atoms. The number of carbonyl (C=O) groups is 2. The maximum Gasteiger partial charge on any atom is 0.289 e. The molecule has 0 aromatic carbocycles. The van der Waals surface area contributed by atoms with Crippen LogP contribution in [0.5, 0.6) is 0 Å². The first-order chi connectivity index (χ1) is 11.6. The highest BCUT2D eigenvalue weighted by Crippen LogP contribution is 2.39. The molecule has 1 aromatic heterocycles. The van der Waals surface area contributed by atoms with Crippen molar-refractivity contribution in [2.75, 3.05) is 13.1 Å². The van der Waals surface area contributed by atoms with Crippen LogP contribution in [0.2, 0.25) is 0 Å². The van der Waals surface area contributed by atoms with Gasteiger partial charge >= 0.3 is 0 Å². The van der Waals surface area contributed by atoms with Crippen molar-refractivity contribution in [2.24, 2.45) is 5.92 Å². The Morgan fingerprint density at radius 3 is 2.75 bits per heavy atom. The molecule has 2 aliphatic heterocycles. The zero-order valence-corrected chi connectivity index (χ0v) is 14.6. The van der Waals surface area contributed by atoms with Crippen LogP contribution in [-0.4, -0.2) is 46.8 Å². The van der Waals surface area contributed by atoms with Gasteiger partial charge in [-0.05, 0) is 50.2 Å². The van der Waals surface area contributed by atoms with E-state index in [-0.39, 0.29) is 5.91 Å². The Balaban J connectivity index is 1.47. The van der Waals surface area contributed by atoms with E-state index in [4.69, 9.17) is 4.42 Å². The average Bonchev–Trinajstić information content (AvgIpc) is 3.35. The van der Waals surface area contributed by atoms with Gasteiger partial charge in [0.15, 0.2) is 5.76 Å². The largest absolute Gasteiger partial charge is 0.456 e. The van der Waals surface area contributed by atoms with Gasteiger partial charge in [0.2, 0.25) is 5.91 Å². The first-order valence-corrected chi connectivity index (χ1v) is 9.28. The number of likely N-dealkylation sites (tertiary alicyclic amines) is 2. The van der Waals surface area contributed by atoms with Crippen molar-refractivity contribution in [3.63, 3.8) is 0 Å².